The zero-order valence-electron chi connectivity index (χ0n) is 11.4. The standard InChI is InChI=1S/C15H19N3/c1-10-6-5-7-13(8-10)15(16-4)14-9-11(2)17-18-12(14)3/h5-9,15-16H,1-4H3. The molecule has 94 valence electrons. The van der Waals surface area contributed by atoms with E-state index in [9.17, 15) is 0 Å². The second-order valence-electron chi connectivity index (χ2n) is 4.66. The molecule has 0 radical (unpaired) electrons. The molecule has 1 atom stereocenters. The van der Waals surface area contributed by atoms with Crippen LogP contribution in [-0.4, -0.2) is 17.2 Å². The SMILES string of the molecule is CNC(c1cccc(C)c1)c1cc(C)nnc1C. The predicted molar refractivity (Wildman–Crippen MR) is 73.6 cm³/mol. The van der Waals surface area contributed by atoms with E-state index >= 15 is 0 Å². The van der Waals surface area contributed by atoms with Gasteiger partial charge in [-0.05, 0) is 45.0 Å². The smallest absolute Gasteiger partial charge is 0.0651 e. The molecule has 18 heavy (non-hydrogen) atoms. The third-order valence-corrected chi connectivity index (χ3v) is 3.12. The first-order valence-corrected chi connectivity index (χ1v) is 6.16. The summed E-state index contributed by atoms with van der Waals surface area (Å²) in [7, 11) is 1.97. The van der Waals surface area contributed by atoms with Crippen molar-refractivity contribution >= 4 is 0 Å². The molecule has 3 nitrogen and oxygen atoms in total. The summed E-state index contributed by atoms with van der Waals surface area (Å²) >= 11 is 0. The summed E-state index contributed by atoms with van der Waals surface area (Å²) in [6, 6.07) is 10.8. The van der Waals surface area contributed by atoms with E-state index in [0.29, 0.717) is 0 Å². The molecule has 0 aliphatic heterocycles. The van der Waals surface area contributed by atoms with Crippen molar-refractivity contribution in [3.05, 3.63) is 58.4 Å². The maximum Gasteiger partial charge on any atom is 0.0651 e. The highest BCUT2D eigenvalue weighted by molar-refractivity contribution is 5.35. The van der Waals surface area contributed by atoms with Gasteiger partial charge in [0.1, 0.15) is 0 Å². The van der Waals surface area contributed by atoms with E-state index in [2.05, 4.69) is 52.8 Å². The van der Waals surface area contributed by atoms with Crippen molar-refractivity contribution in [1.82, 2.24) is 15.5 Å². The molecule has 0 aliphatic rings. The molecule has 0 amide bonds. The van der Waals surface area contributed by atoms with Gasteiger partial charge >= 0.3 is 0 Å². The first kappa shape index (κ1) is 12.7. The summed E-state index contributed by atoms with van der Waals surface area (Å²) < 4.78 is 0. The lowest BCUT2D eigenvalue weighted by atomic mass is 9.96. The fraction of sp³-hybridized carbons (Fsp3) is 0.333. The van der Waals surface area contributed by atoms with Gasteiger partial charge < -0.3 is 5.32 Å². The van der Waals surface area contributed by atoms with Crippen molar-refractivity contribution < 1.29 is 0 Å². The Morgan fingerprint density at radius 3 is 2.50 bits per heavy atom. The number of nitrogens with one attached hydrogen (secondary N) is 1. The van der Waals surface area contributed by atoms with Crippen LogP contribution in [-0.2, 0) is 0 Å². The van der Waals surface area contributed by atoms with Gasteiger partial charge in [0.2, 0.25) is 0 Å². The van der Waals surface area contributed by atoms with Crippen molar-refractivity contribution in [3.63, 3.8) is 0 Å². The van der Waals surface area contributed by atoms with Gasteiger partial charge in [0.05, 0.1) is 17.4 Å². The highest BCUT2D eigenvalue weighted by Gasteiger charge is 2.15. The third kappa shape index (κ3) is 2.57. The van der Waals surface area contributed by atoms with E-state index in [1.165, 1.54) is 16.7 Å². The highest BCUT2D eigenvalue weighted by atomic mass is 15.1. The molecular formula is C15H19N3. The monoisotopic (exact) mass is 241 g/mol. The average Bonchev–Trinajstić information content (AvgIpc) is 2.35. The Morgan fingerprint density at radius 1 is 1.06 bits per heavy atom. The van der Waals surface area contributed by atoms with E-state index in [0.717, 1.165) is 11.4 Å². The number of hydrogen-bond donors (Lipinski definition) is 1. The van der Waals surface area contributed by atoms with Crippen LogP contribution in [0.15, 0.2) is 30.3 Å². The zero-order chi connectivity index (χ0) is 13.1. The molecule has 3 heteroatoms. The molecule has 0 saturated heterocycles. The summed E-state index contributed by atoms with van der Waals surface area (Å²) in [6.07, 6.45) is 0. The third-order valence-electron chi connectivity index (χ3n) is 3.12. The lowest BCUT2D eigenvalue weighted by Crippen LogP contribution is -2.19. The summed E-state index contributed by atoms with van der Waals surface area (Å²) in [4.78, 5) is 0. The van der Waals surface area contributed by atoms with Gasteiger partial charge in [0, 0.05) is 0 Å². The van der Waals surface area contributed by atoms with Gasteiger partial charge in [-0.2, -0.15) is 10.2 Å². The molecule has 1 aromatic carbocycles. The second kappa shape index (κ2) is 5.27. The quantitative estimate of drug-likeness (QED) is 0.897. The minimum atomic E-state index is 0.166. The van der Waals surface area contributed by atoms with Gasteiger partial charge in [-0.1, -0.05) is 29.8 Å². The van der Waals surface area contributed by atoms with Crippen LogP contribution in [0.25, 0.3) is 0 Å². The maximum atomic E-state index is 4.21. The minimum Gasteiger partial charge on any atom is -0.309 e. The van der Waals surface area contributed by atoms with Crippen LogP contribution in [0.4, 0.5) is 0 Å². The fourth-order valence-corrected chi connectivity index (χ4v) is 2.21. The van der Waals surface area contributed by atoms with Crippen LogP contribution >= 0.6 is 0 Å². The Balaban J connectivity index is 2.48. The van der Waals surface area contributed by atoms with E-state index in [1.54, 1.807) is 0 Å². The van der Waals surface area contributed by atoms with Crippen molar-refractivity contribution in [2.75, 3.05) is 7.05 Å². The van der Waals surface area contributed by atoms with Crippen molar-refractivity contribution in [1.29, 1.82) is 0 Å². The van der Waals surface area contributed by atoms with Gasteiger partial charge in [-0.15, -0.1) is 0 Å². The largest absolute Gasteiger partial charge is 0.309 e. The normalized spacial score (nSPS) is 12.4. The summed E-state index contributed by atoms with van der Waals surface area (Å²) in [5.74, 6) is 0. The van der Waals surface area contributed by atoms with E-state index < -0.39 is 0 Å². The summed E-state index contributed by atoms with van der Waals surface area (Å²) in [5, 5.41) is 11.7. The number of rotatable bonds is 3. The van der Waals surface area contributed by atoms with Gasteiger partial charge in [-0.25, -0.2) is 0 Å². The summed E-state index contributed by atoms with van der Waals surface area (Å²) in [5.41, 5.74) is 5.64. The van der Waals surface area contributed by atoms with Crippen molar-refractivity contribution in [3.8, 4) is 0 Å². The second-order valence-corrected chi connectivity index (χ2v) is 4.66. The number of nitrogens with zero attached hydrogens (tertiary/aromatic N) is 2. The average molecular weight is 241 g/mol. The Labute approximate surface area is 108 Å². The van der Waals surface area contributed by atoms with E-state index in [1.807, 2.05) is 20.9 Å². The molecule has 0 spiro atoms. The zero-order valence-corrected chi connectivity index (χ0v) is 11.4. The molecule has 0 fully saturated rings. The molecule has 2 rings (SSSR count). The van der Waals surface area contributed by atoms with Crippen LogP contribution in [0.3, 0.4) is 0 Å². The fourth-order valence-electron chi connectivity index (χ4n) is 2.21. The number of benzene rings is 1. The van der Waals surface area contributed by atoms with Crippen LogP contribution in [0.5, 0.6) is 0 Å². The highest BCUT2D eigenvalue weighted by Crippen LogP contribution is 2.24. The summed E-state index contributed by atoms with van der Waals surface area (Å²) in [6.45, 7) is 6.08. The van der Waals surface area contributed by atoms with Crippen LogP contribution in [0, 0.1) is 20.8 Å². The molecular weight excluding hydrogens is 222 g/mol. The van der Waals surface area contributed by atoms with Gasteiger partial charge in [0.15, 0.2) is 0 Å². The van der Waals surface area contributed by atoms with Crippen molar-refractivity contribution in [2.24, 2.45) is 0 Å². The topological polar surface area (TPSA) is 37.8 Å². The molecule has 1 N–H and O–H groups in total. The van der Waals surface area contributed by atoms with Crippen LogP contribution in [0.1, 0.15) is 34.1 Å². The van der Waals surface area contributed by atoms with Crippen LogP contribution in [0.2, 0.25) is 0 Å². The van der Waals surface area contributed by atoms with E-state index in [4.69, 9.17) is 0 Å². The lowest BCUT2D eigenvalue weighted by Gasteiger charge is -2.19. The lowest BCUT2D eigenvalue weighted by molar-refractivity contribution is 0.675. The van der Waals surface area contributed by atoms with Crippen LogP contribution < -0.4 is 5.32 Å². The Hall–Kier alpha value is -1.74. The molecule has 0 bridgehead atoms. The first-order valence-electron chi connectivity index (χ1n) is 6.16. The number of aryl methyl sites for hydroxylation is 3. The molecule has 2 aromatic rings. The Kier molecular flexibility index (Phi) is 3.72. The molecule has 1 aromatic heterocycles. The van der Waals surface area contributed by atoms with E-state index in [-0.39, 0.29) is 6.04 Å². The first-order chi connectivity index (χ1) is 8.61. The van der Waals surface area contributed by atoms with Crippen molar-refractivity contribution in [2.45, 2.75) is 26.8 Å². The predicted octanol–water partition coefficient (Wildman–Crippen LogP) is 2.71. The number of aromatic nitrogens is 2. The molecule has 0 aliphatic carbocycles. The van der Waals surface area contributed by atoms with Gasteiger partial charge in [0.25, 0.3) is 0 Å². The molecule has 0 saturated carbocycles. The minimum absolute atomic E-state index is 0.166. The maximum absolute atomic E-state index is 4.21. The van der Waals surface area contributed by atoms with Gasteiger partial charge in [-0.3, -0.25) is 0 Å². The molecule has 1 heterocycles. The Bertz CT molecular complexity index is 549. The number of hydrogen-bond acceptors (Lipinski definition) is 3. The Morgan fingerprint density at radius 2 is 1.83 bits per heavy atom. The molecule has 1 unspecified atom stereocenters.